The van der Waals surface area contributed by atoms with E-state index in [9.17, 15) is 0 Å². The van der Waals surface area contributed by atoms with E-state index in [0.29, 0.717) is 19.9 Å². The molecule has 16 heavy (non-hydrogen) atoms. The Labute approximate surface area is 94.2 Å². The minimum Gasteiger partial charge on any atom is -0.496 e. The smallest absolute Gasteiger partial charge is 0.189 e. The highest BCUT2D eigenvalue weighted by atomic mass is 16.7. The largest absolute Gasteiger partial charge is 0.496 e. The van der Waals surface area contributed by atoms with Crippen molar-refractivity contribution in [3.8, 4) is 11.5 Å². The number of hydrogen-bond donors (Lipinski definition) is 1. The van der Waals surface area contributed by atoms with Gasteiger partial charge in [0, 0.05) is 11.1 Å². The van der Waals surface area contributed by atoms with E-state index < -0.39 is 0 Å². The van der Waals surface area contributed by atoms with Crippen LogP contribution >= 0.6 is 0 Å². The predicted octanol–water partition coefficient (Wildman–Crippen LogP) is 1.21. The zero-order valence-electron chi connectivity index (χ0n) is 9.41. The molecule has 0 saturated heterocycles. The second-order valence-corrected chi connectivity index (χ2v) is 3.36. The molecule has 0 radical (unpaired) electrons. The quantitative estimate of drug-likeness (QED) is 0.780. The van der Waals surface area contributed by atoms with Crippen LogP contribution in [0.5, 0.6) is 11.5 Å². The lowest BCUT2D eigenvalue weighted by Gasteiger charge is -2.22. The number of benzene rings is 1. The maximum Gasteiger partial charge on any atom is 0.189 e. The van der Waals surface area contributed by atoms with Crippen molar-refractivity contribution in [2.75, 3.05) is 21.0 Å². The van der Waals surface area contributed by atoms with Gasteiger partial charge in [-0.3, -0.25) is 0 Å². The molecule has 2 rings (SSSR count). The van der Waals surface area contributed by atoms with Crippen molar-refractivity contribution in [1.29, 1.82) is 0 Å². The predicted molar refractivity (Wildman–Crippen MR) is 57.1 cm³/mol. The first kappa shape index (κ1) is 11.2. The minimum atomic E-state index is 0.302. The molecule has 0 aliphatic carbocycles. The Kier molecular flexibility index (Phi) is 3.61. The molecule has 88 valence electrons. The van der Waals surface area contributed by atoms with Gasteiger partial charge in [0.1, 0.15) is 11.5 Å². The zero-order chi connectivity index (χ0) is 11.4. The molecule has 0 bridgehead atoms. The van der Waals surface area contributed by atoms with Crippen LogP contribution in [-0.4, -0.2) is 21.0 Å². The third-order valence-corrected chi connectivity index (χ3v) is 2.50. The lowest BCUT2D eigenvalue weighted by atomic mass is 10.1. The van der Waals surface area contributed by atoms with Crippen LogP contribution in [0.1, 0.15) is 11.1 Å². The summed E-state index contributed by atoms with van der Waals surface area (Å²) in [7, 11) is 3.22. The minimum absolute atomic E-state index is 0.302. The lowest BCUT2D eigenvalue weighted by Crippen LogP contribution is -2.18. The van der Waals surface area contributed by atoms with Gasteiger partial charge in [-0.1, -0.05) is 0 Å². The van der Waals surface area contributed by atoms with E-state index in [1.807, 2.05) is 12.1 Å². The summed E-state index contributed by atoms with van der Waals surface area (Å²) in [5, 5.41) is 0. The Morgan fingerprint density at radius 3 is 3.00 bits per heavy atom. The molecule has 0 amide bonds. The van der Waals surface area contributed by atoms with Crippen molar-refractivity contribution in [2.24, 2.45) is 0 Å². The Morgan fingerprint density at radius 2 is 2.25 bits per heavy atom. The maximum absolute atomic E-state index is 5.40. The average Bonchev–Trinajstić information content (AvgIpc) is 2.35. The fourth-order valence-corrected chi connectivity index (χ4v) is 1.72. The first-order chi connectivity index (χ1) is 7.86. The Hall–Kier alpha value is -1.30. The van der Waals surface area contributed by atoms with Gasteiger partial charge < -0.3 is 19.0 Å². The number of hydrogen-bond acceptors (Lipinski definition) is 5. The summed E-state index contributed by atoms with van der Waals surface area (Å²) in [5.41, 5.74) is 4.81. The van der Waals surface area contributed by atoms with Gasteiger partial charge in [-0.15, -0.1) is 0 Å². The van der Waals surface area contributed by atoms with Crippen LogP contribution < -0.4 is 15.0 Å². The fourth-order valence-electron chi connectivity index (χ4n) is 1.72. The molecule has 1 aromatic carbocycles. The highest BCUT2D eigenvalue weighted by Crippen LogP contribution is 2.33. The molecule has 0 fully saturated rings. The average molecular weight is 225 g/mol. The molecule has 0 spiro atoms. The summed E-state index contributed by atoms with van der Waals surface area (Å²) in [5.74, 6) is 1.65. The highest BCUT2D eigenvalue weighted by Gasteiger charge is 2.18. The van der Waals surface area contributed by atoms with Gasteiger partial charge in [0.05, 0.1) is 27.4 Å². The molecule has 0 atom stereocenters. The molecule has 0 saturated carbocycles. The zero-order valence-corrected chi connectivity index (χ0v) is 9.41. The van der Waals surface area contributed by atoms with Crippen molar-refractivity contribution in [3.63, 3.8) is 0 Å². The molecule has 0 aromatic heterocycles. The van der Waals surface area contributed by atoms with Crippen molar-refractivity contribution >= 4 is 0 Å². The van der Waals surface area contributed by atoms with Crippen molar-refractivity contribution in [1.82, 2.24) is 5.48 Å². The van der Waals surface area contributed by atoms with E-state index in [2.05, 4.69) is 5.48 Å². The third-order valence-electron chi connectivity index (χ3n) is 2.50. The standard InChI is InChI=1S/C11H15NO4/c1-13-10-3-4-11-9(6-15-7-16-11)8(10)5-12-14-2/h3-4,12H,5-7H2,1-2H3. The van der Waals surface area contributed by atoms with Gasteiger partial charge in [0.25, 0.3) is 0 Å². The van der Waals surface area contributed by atoms with Crippen LogP contribution in [0.2, 0.25) is 0 Å². The lowest BCUT2D eigenvalue weighted by molar-refractivity contribution is -0.0175. The van der Waals surface area contributed by atoms with E-state index in [1.165, 1.54) is 0 Å². The number of rotatable bonds is 4. The SMILES string of the molecule is CONCc1c(OC)ccc2c1COCO2. The third kappa shape index (κ3) is 2.11. The van der Waals surface area contributed by atoms with Crippen LogP contribution in [0, 0.1) is 0 Å². The van der Waals surface area contributed by atoms with Gasteiger partial charge in [0.2, 0.25) is 0 Å². The molecular weight excluding hydrogens is 210 g/mol. The number of nitrogens with one attached hydrogen (secondary N) is 1. The number of fused-ring (bicyclic) bond motifs is 1. The molecule has 5 nitrogen and oxygen atoms in total. The van der Waals surface area contributed by atoms with E-state index in [-0.39, 0.29) is 0 Å². The highest BCUT2D eigenvalue weighted by molar-refractivity contribution is 5.48. The second kappa shape index (κ2) is 5.16. The molecular formula is C11H15NO4. The summed E-state index contributed by atoms with van der Waals surface area (Å²) in [6.07, 6.45) is 0. The van der Waals surface area contributed by atoms with E-state index in [4.69, 9.17) is 19.0 Å². The molecule has 1 aliphatic heterocycles. The molecule has 1 N–H and O–H groups in total. The summed E-state index contributed by atoms with van der Waals surface area (Å²) in [6.45, 7) is 1.39. The molecule has 5 heteroatoms. The van der Waals surface area contributed by atoms with Crippen molar-refractivity contribution < 1.29 is 19.0 Å². The van der Waals surface area contributed by atoms with Gasteiger partial charge in [0.15, 0.2) is 6.79 Å². The summed E-state index contributed by atoms with van der Waals surface area (Å²) in [6, 6.07) is 3.78. The molecule has 1 aliphatic rings. The fraction of sp³-hybridized carbons (Fsp3) is 0.455. The summed E-state index contributed by atoms with van der Waals surface area (Å²) < 4.78 is 16.0. The number of methoxy groups -OCH3 is 1. The van der Waals surface area contributed by atoms with Crippen LogP contribution in [-0.2, 0) is 22.7 Å². The van der Waals surface area contributed by atoms with Crippen LogP contribution in [0.25, 0.3) is 0 Å². The molecule has 0 unspecified atom stereocenters. The topological polar surface area (TPSA) is 49.0 Å². The Balaban J connectivity index is 2.35. The first-order valence-corrected chi connectivity index (χ1v) is 5.02. The van der Waals surface area contributed by atoms with E-state index in [0.717, 1.165) is 22.6 Å². The first-order valence-electron chi connectivity index (χ1n) is 5.02. The van der Waals surface area contributed by atoms with Crippen molar-refractivity contribution in [3.05, 3.63) is 23.3 Å². The maximum atomic E-state index is 5.40. The molecule has 1 aromatic rings. The normalized spacial score (nSPS) is 14.1. The summed E-state index contributed by atoms with van der Waals surface area (Å²) in [4.78, 5) is 4.85. The monoisotopic (exact) mass is 225 g/mol. The summed E-state index contributed by atoms with van der Waals surface area (Å²) >= 11 is 0. The Bertz CT molecular complexity index is 367. The number of hydroxylamine groups is 1. The van der Waals surface area contributed by atoms with E-state index >= 15 is 0 Å². The van der Waals surface area contributed by atoms with Crippen LogP contribution in [0.15, 0.2) is 12.1 Å². The second-order valence-electron chi connectivity index (χ2n) is 3.36. The van der Waals surface area contributed by atoms with Crippen LogP contribution in [0.4, 0.5) is 0 Å². The van der Waals surface area contributed by atoms with Gasteiger partial charge in [-0.25, -0.2) is 0 Å². The Morgan fingerprint density at radius 1 is 1.38 bits per heavy atom. The van der Waals surface area contributed by atoms with Crippen LogP contribution in [0.3, 0.4) is 0 Å². The van der Waals surface area contributed by atoms with E-state index in [1.54, 1.807) is 14.2 Å². The van der Waals surface area contributed by atoms with Crippen molar-refractivity contribution in [2.45, 2.75) is 13.2 Å². The van der Waals surface area contributed by atoms with Gasteiger partial charge in [-0.2, -0.15) is 5.48 Å². The van der Waals surface area contributed by atoms with Gasteiger partial charge in [-0.05, 0) is 12.1 Å². The van der Waals surface area contributed by atoms with Gasteiger partial charge >= 0.3 is 0 Å². The molecule has 1 heterocycles. The number of ether oxygens (including phenoxy) is 3.